The van der Waals surface area contributed by atoms with Crippen molar-refractivity contribution in [1.29, 1.82) is 0 Å². The van der Waals surface area contributed by atoms with Gasteiger partial charge in [0, 0.05) is 31.0 Å². The summed E-state index contributed by atoms with van der Waals surface area (Å²) in [5.74, 6) is 0.470. The van der Waals surface area contributed by atoms with Crippen LogP contribution in [0.5, 0.6) is 0 Å². The van der Waals surface area contributed by atoms with Crippen LogP contribution in [0.2, 0.25) is 0 Å². The zero-order valence-electron chi connectivity index (χ0n) is 9.45. The van der Waals surface area contributed by atoms with Gasteiger partial charge in [0.15, 0.2) is 0 Å². The minimum atomic E-state index is 0.319. The Bertz CT molecular complexity index is 315. The first-order chi connectivity index (χ1) is 7.20. The minimum absolute atomic E-state index is 0.319. The fourth-order valence-corrected chi connectivity index (χ4v) is 2.24. The van der Waals surface area contributed by atoms with Crippen molar-refractivity contribution < 1.29 is 5.11 Å². The van der Waals surface area contributed by atoms with E-state index < -0.39 is 0 Å². The molecule has 0 saturated carbocycles. The third-order valence-corrected chi connectivity index (χ3v) is 3.29. The topological polar surface area (TPSA) is 52.2 Å². The molecule has 0 aliphatic carbocycles. The van der Waals surface area contributed by atoms with Gasteiger partial charge in [0.2, 0.25) is 0 Å². The van der Waals surface area contributed by atoms with E-state index in [1.54, 1.807) is 0 Å². The van der Waals surface area contributed by atoms with Crippen molar-refractivity contribution in [2.75, 3.05) is 19.7 Å². The predicted molar refractivity (Wildman–Crippen MR) is 58.5 cm³/mol. The van der Waals surface area contributed by atoms with Crippen LogP contribution in [-0.2, 0) is 6.54 Å². The maximum atomic E-state index is 9.07. The van der Waals surface area contributed by atoms with Crippen molar-refractivity contribution in [2.45, 2.75) is 26.8 Å². The van der Waals surface area contributed by atoms with E-state index in [-0.39, 0.29) is 0 Å². The average molecular weight is 209 g/mol. The molecule has 1 fully saturated rings. The molecule has 15 heavy (non-hydrogen) atoms. The number of hydrogen-bond donors (Lipinski definition) is 2. The number of hydrogen-bond acceptors (Lipinski definition) is 3. The van der Waals surface area contributed by atoms with Gasteiger partial charge in [0.25, 0.3) is 0 Å². The third kappa shape index (κ3) is 2.21. The van der Waals surface area contributed by atoms with E-state index in [0.29, 0.717) is 12.5 Å². The Morgan fingerprint density at radius 2 is 2.33 bits per heavy atom. The molecule has 0 radical (unpaired) electrons. The van der Waals surface area contributed by atoms with Gasteiger partial charge in [-0.15, -0.1) is 0 Å². The normalized spacial score (nSPS) is 22.5. The standard InChI is InChI=1S/C11H19N3O/c1-8-11(9(2)13-12-8)6-14-4-3-10(5-14)7-15/h10,15H,3-7H2,1-2H3,(H,12,13)/t10-/m1/s1. The summed E-state index contributed by atoms with van der Waals surface area (Å²) in [7, 11) is 0. The van der Waals surface area contributed by atoms with E-state index in [9.17, 15) is 0 Å². The Hall–Kier alpha value is -0.870. The molecule has 1 atom stereocenters. The second-order valence-electron chi connectivity index (χ2n) is 4.48. The van der Waals surface area contributed by atoms with Gasteiger partial charge >= 0.3 is 0 Å². The lowest BCUT2D eigenvalue weighted by Crippen LogP contribution is -2.21. The van der Waals surface area contributed by atoms with Crippen molar-refractivity contribution in [1.82, 2.24) is 15.1 Å². The molecule has 4 heteroatoms. The van der Waals surface area contributed by atoms with E-state index >= 15 is 0 Å². The number of nitrogens with one attached hydrogen (secondary N) is 1. The molecular weight excluding hydrogens is 190 g/mol. The van der Waals surface area contributed by atoms with Crippen LogP contribution >= 0.6 is 0 Å². The number of likely N-dealkylation sites (tertiary alicyclic amines) is 1. The summed E-state index contributed by atoms with van der Waals surface area (Å²) in [6, 6.07) is 0. The Balaban J connectivity index is 1.98. The second-order valence-corrected chi connectivity index (χ2v) is 4.48. The van der Waals surface area contributed by atoms with Gasteiger partial charge in [-0.1, -0.05) is 0 Å². The van der Waals surface area contributed by atoms with Crippen molar-refractivity contribution in [3.05, 3.63) is 17.0 Å². The molecule has 0 aromatic carbocycles. The Morgan fingerprint density at radius 1 is 1.53 bits per heavy atom. The smallest absolute Gasteiger partial charge is 0.0639 e. The lowest BCUT2D eigenvalue weighted by molar-refractivity contribution is 0.220. The third-order valence-electron chi connectivity index (χ3n) is 3.29. The largest absolute Gasteiger partial charge is 0.396 e. The Kier molecular flexibility index (Phi) is 3.07. The molecular formula is C11H19N3O. The number of aromatic nitrogens is 2. The summed E-state index contributed by atoms with van der Waals surface area (Å²) in [4.78, 5) is 2.39. The van der Waals surface area contributed by atoms with Gasteiger partial charge in [-0.05, 0) is 32.7 Å². The molecule has 1 aliphatic rings. The number of rotatable bonds is 3. The van der Waals surface area contributed by atoms with Crippen LogP contribution in [0.1, 0.15) is 23.4 Å². The Morgan fingerprint density at radius 3 is 2.87 bits per heavy atom. The lowest BCUT2D eigenvalue weighted by atomic mass is 10.1. The van der Waals surface area contributed by atoms with E-state index in [1.165, 1.54) is 11.3 Å². The highest BCUT2D eigenvalue weighted by Gasteiger charge is 2.22. The SMILES string of the molecule is Cc1n[nH]c(C)c1CN1CC[C@@H](CO)C1. The van der Waals surface area contributed by atoms with E-state index in [4.69, 9.17) is 5.11 Å². The van der Waals surface area contributed by atoms with Crippen LogP contribution in [0.15, 0.2) is 0 Å². The first kappa shape index (κ1) is 10.6. The molecule has 2 N–H and O–H groups in total. The monoisotopic (exact) mass is 209 g/mol. The van der Waals surface area contributed by atoms with Crippen LogP contribution in [0.3, 0.4) is 0 Å². The minimum Gasteiger partial charge on any atom is -0.396 e. The van der Waals surface area contributed by atoms with E-state index in [1.807, 2.05) is 6.92 Å². The summed E-state index contributed by atoms with van der Waals surface area (Å²) in [6.07, 6.45) is 1.12. The summed E-state index contributed by atoms with van der Waals surface area (Å²) in [5, 5.41) is 16.3. The fourth-order valence-electron chi connectivity index (χ4n) is 2.24. The van der Waals surface area contributed by atoms with Crippen molar-refractivity contribution in [2.24, 2.45) is 5.92 Å². The first-order valence-corrected chi connectivity index (χ1v) is 5.54. The zero-order chi connectivity index (χ0) is 10.8. The van der Waals surface area contributed by atoms with Gasteiger partial charge in [-0.25, -0.2) is 0 Å². The van der Waals surface area contributed by atoms with E-state index in [0.717, 1.165) is 31.7 Å². The van der Waals surface area contributed by atoms with Crippen LogP contribution in [0.25, 0.3) is 0 Å². The van der Waals surface area contributed by atoms with Crippen LogP contribution in [-0.4, -0.2) is 39.9 Å². The molecule has 1 aliphatic heterocycles. The number of aryl methyl sites for hydroxylation is 2. The molecule has 1 saturated heterocycles. The van der Waals surface area contributed by atoms with E-state index in [2.05, 4.69) is 22.0 Å². The summed E-state index contributed by atoms with van der Waals surface area (Å²) >= 11 is 0. The maximum absolute atomic E-state index is 9.07. The Labute approximate surface area is 90.3 Å². The van der Waals surface area contributed by atoms with Crippen LogP contribution in [0, 0.1) is 19.8 Å². The molecule has 2 heterocycles. The molecule has 0 bridgehead atoms. The highest BCUT2D eigenvalue weighted by atomic mass is 16.3. The van der Waals surface area contributed by atoms with Gasteiger partial charge in [0.1, 0.15) is 0 Å². The van der Waals surface area contributed by atoms with Gasteiger partial charge in [0.05, 0.1) is 5.69 Å². The van der Waals surface area contributed by atoms with Crippen molar-refractivity contribution >= 4 is 0 Å². The predicted octanol–water partition coefficient (Wildman–Crippen LogP) is 0.841. The molecule has 0 unspecified atom stereocenters. The van der Waals surface area contributed by atoms with Crippen molar-refractivity contribution in [3.8, 4) is 0 Å². The van der Waals surface area contributed by atoms with Gasteiger partial charge in [-0.3, -0.25) is 10.00 Å². The molecule has 0 amide bonds. The first-order valence-electron chi connectivity index (χ1n) is 5.54. The van der Waals surface area contributed by atoms with Crippen LogP contribution < -0.4 is 0 Å². The summed E-state index contributed by atoms with van der Waals surface area (Å²) < 4.78 is 0. The van der Waals surface area contributed by atoms with Crippen LogP contribution in [0.4, 0.5) is 0 Å². The summed E-state index contributed by atoms with van der Waals surface area (Å²) in [5.41, 5.74) is 3.58. The molecule has 2 rings (SSSR count). The molecule has 0 spiro atoms. The number of aliphatic hydroxyl groups excluding tert-OH is 1. The summed E-state index contributed by atoms with van der Waals surface area (Å²) in [6.45, 7) is 7.49. The number of aromatic amines is 1. The number of nitrogens with zero attached hydrogens (tertiary/aromatic N) is 2. The molecule has 84 valence electrons. The second kappa shape index (κ2) is 4.33. The molecule has 1 aromatic rings. The van der Waals surface area contributed by atoms with Gasteiger partial charge in [-0.2, -0.15) is 5.10 Å². The fraction of sp³-hybridized carbons (Fsp3) is 0.727. The zero-order valence-corrected chi connectivity index (χ0v) is 9.45. The highest BCUT2D eigenvalue weighted by molar-refractivity contribution is 5.23. The molecule has 1 aromatic heterocycles. The average Bonchev–Trinajstić information content (AvgIpc) is 2.80. The number of H-pyrrole nitrogens is 1. The van der Waals surface area contributed by atoms with Crippen molar-refractivity contribution in [3.63, 3.8) is 0 Å². The highest BCUT2D eigenvalue weighted by Crippen LogP contribution is 2.20. The maximum Gasteiger partial charge on any atom is 0.0639 e. The molecule has 4 nitrogen and oxygen atoms in total. The number of aliphatic hydroxyl groups is 1. The quantitative estimate of drug-likeness (QED) is 0.775. The van der Waals surface area contributed by atoms with Gasteiger partial charge < -0.3 is 5.11 Å². The lowest BCUT2D eigenvalue weighted by Gasteiger charge is -2.15.